The minimum absolute atomic E-state index is 0.0512. The van der Waals surface area contributed by atoms with Crippen molar-refractivity contribution in [3.05, 3.63) is 52.8 Å². The summed E-state index contributed by atoms with van der Waals surface area (Å²) in [4.78, 5) is 16.2. The van der Waals surface area contributed by atoms with E-state index < -0.39 is 0 Å². The quantitative estimate of drug-likeness (QED) is 0.533. The molecule has 3 rings (SSSR count). The van der Waals surface area contributed by atoms with Crippen molar-refractivity contribution in [2.24, 2.45) is 0 Å². The molecule has 0 unspecified atom stereocenters. The highest BCUT2D eigenvalue weighted by molar-refractivity contribution is 7.08. The fourth-order valence-electron chi connectivity index (χ4n) is 2.35. The van der Waals surface area contributed by atoms with Crippen LogP contribution in [-0.4, -0.2) is 29.2 Å². The van der Waals surface area contributed by atoms with Gasteiger partial charge in [-0.25, -0.2) is 4.39 Å². The van der Waals surface area contributed by atoms with Gasteiger partial charge in [0.25, 0.3) is 0 Å². The Balaban J connectivity index is 1.26. The molecule has 0 radical (unpaired) electrons. The molecule has 0 saturated carbocycles. The van der Waals surface area contributed by atoms with Crippen molar-refractivity contribution in [3.63, 3.8) is 0 Å². The van der Waals surface area contributed by atoms with Crippen LogP contribution < -0.4 is 10.1 Å². The minimum Gasteiger partial charge on any atom is -0.494 e. The molecule has 2 aromatic heterocycles. The molecule has 8 heteroatoms. The van der Waals surface area contributed by atoms with Crippen LogP contribution in [0.3, 0.4) is 0 Å². The molecule has 3 aromatic rings. The first kappa shape index (κ1) is 19.0. The molecule has 0 bridgehead atoms. The summed E-state index contributed by atoms with van der Waals surface area (Å²) in [6, 6.07) is 7.84. The molecule has 0 saturated heterocycles. The average molecular weight is 389 g/mol. The van der Waals surface area contributed by atoms with Crippen LogP contribution in [0, 0.1) is 5.82 Å². The monoisotopic (exact) mass is 389 g/mol. The Morgan fingerprint density at radius 2 is 2.07 bits per heavy atom. The third-order valence-electron chi connectivity index (χ3n) is 3.79. The van der Waals surface area contributed by atoms with Crippen LogP contribution in [0.2, 0.25) is 0 Å². The highest BCUT2D eigenvalue weighted by Crippen LogP contribution is 2.19. The molecule has 0 aliphatic rings. The van der Waals surface area contributed by atoms with Gasteiger partial charge in [0.15, 0.2) is 0 Å². The summed E-state index contributed by atoms with van der Waals surface area (Å²) < 4.78 is 23.4. The zero-order valence-corrected chi connectivity index (χ0v) is 15.5. The van der Waals surface area contributed by atoms with Gasteiger partial charge in [0.1, 0.15) is 11.6 Å². The summed E-state index contributed by atoms with van der Waals surface area (Å²) in [5.74, 6) is 1.31. The molecule has 1 amide bonds. The summed E-state index contributed by atoms with van der Waals surface area (Å²) in [5.41, 5.74) is 0.919. The number of nitrogens with one attached hydrogen (secondary N) is 1. The summed E-state index contributed by atoms with van der Waals surface area (Å²) in [7, 11) is 0. The van der Waals surface area contributed by atoms with E-state index >= 15 is 0 Å². The van der Waals surface area contributed by atoms with E-state index in [9.17, 15) is 9.18 Å². The molecule has 1 aromatic carbocycles. The Hall–Kier alpha value is -2.74. The van der Waals surface area contributed by atoms with Crippen molar-refractivity contribution in [2.45, 2.75) is 25.7 Å². The summed E-state index contributed by atoms with van der Waals surface area (Å²) in [5, 5.41) is 10.7. The zero-order valence-electron chi connectivity index (χ0n) is 14.7. The predicted molar refractivity (Wildman–Crippen MR) is 100 cm³/mol. The largest absolute Gasteiger partial charge is 0.494 e. The van der Waals surface area contributed by atoms with E-state index in [1.54, 1.807) is 23.5 Å². The van der Waals surface area contributed by atoms with Gasteiger partial charge in [0, 0.05) is 30.3 Å². The van der Waals surface area contributed by atoms with Gasteiger partial charge in [-0.1, -0.05) is 5.16 Å². The molecule has 0 aliphatic heterocycles. The van der Waals surface area contributed by atoms with E-state index in [-0.39, 0.29) is 11.7 Å². The third kappa shape index (κ3) is 6.18. The van der Waals surface area contributed by atoms with E-state index in [1.165, 1.54) is 12.1 Å². The molecule has 2 heterocycles. The number of aromatic nitrogens is 2. The Morgan fingerprint density at radius 1 is 1.22 bits per heavy atom. The molecule has 142 valence electrons. The number of aryl methyl sites for hydroxylation is 1. The van der Waals surface area contributed by atoms with Crippen LogP contribution >= 0.6 is 11.3 Å². The van der Waals surface area contributed by atoms with Gasteiger partial charge in [-0.3, -0.25) is 4.79 Å². The van der Waals surface area contributed by atoms with E-state index in [4.69, 9.17) is 9.26 Å². The Bertz CT molecular complexity index is 834. The number of hydrogen-bond acceptors (Lipinski definition) is 6. The van der Waals surface area contributed by atoms with Gasteiger partial charge in [-0.2, -0.15) is 16.3 Å². The number of ether oxygens (including phenoxy) is 1. The Morgan fingerprint density at radius 3 is 2.85 bits per heavy atom. The number of halogens is 1. The van der Waals surface area contributed by atoms with Crippen molar-refractivity contribution in [2.75, 3.05) is 13.2 Å². The first-order valence-corrected chi connectivity index (χ1v) is 9.65. The fraction of sp³-hybridized carbons (Fsp3) is 0.316. The lowest BCUT2D eigenvalue weighted by molar-refractivity contribution is -0.121. The van der Waals surface area contributed by atoms with Gasteiger partial charge in [0.2, 0.25) is 17.6 Å². The van der Waals surface area contributed by atoms with Gasteiger partial charge >= 0.3 is 0 Å². The van der Waals surface area contributed by atoms with Crippen molar-refractivity contribution in [1.29, 1.82) is 0 Å². The van der Waals surface area contributed by atoms with Crippen LogP contribution in [0.1, 0.15) is 25.2 Å². The normalized spacial score (nSPS) is 10.7. The molecular weight excluding hydrogens is 369 g/mol. The second-order valence-electron chi connectivity index (χ2n) is 5.88. The Kier molecular flexibility index (Phi) is 6.92. The molecular formula is C19H20FN3O3S. The summed E-state index contributed by atoms with van der Waals surface area (Å²) >= 11 is 1.57. The van der Waals surface area contributed by atoms with Gasteiger partial charge in [0.05, 0.1) is 6.61 Å². The number of carbonyl (C=O) groups excluding carboxylic acids is 1. The van der Waals surface area contributed by atoms with Crippen molar-refractivity contribution in [1.82, 2.24) is 15.5 Å². The highest BCUT2D eigenvalue weighted by Gasteiger charge is 2.10. The van der Waals surface area contributed by atoms with Crippen LogP contribution in [0.15, 0.2) is 45.6 Å². The first-order valence-electron chi connectivity index (χ1n) is 8.71. The lowest BCUT2D eigenvalue weighted by atomic mass is 10.2. The van der Waals surface area contributed by atoms with E-state index in [1.807, 2.05) is 16.8 Å². The molecule has 1 N–H and O–H groups in total. The van der Waals surface area contributed by atoms with E-state index in [0.717, 1.165) is 18.4 Å². The van der Waals surface area contributed by atoms with Crippen LogP contribution in [0.25, 0.3) is 11.4 Å². The number of unbranched alkanes of at least 4 members (excludes halogenated alkanes) is 1. The average Bonchev–Trinajstić information content (AvgIpc) is 3.35. The number of rotatable bonds is 10. The first-order chi connectivity index (χ1) is 13.2. The Labute approximate surface area is 160 Å². The van der Waals surface area contributed by atoms with Gasteiger partial charge < -0.3 is 14.6 Å². The topological polar surface area (TPSA) is 77.2 Å². The maximum atomic E-state index is 12.8. The molecule has 0 fully saturated rings. The lowest BCUT2D eigenvalue weighted by Crippen LogP contribution is -2.25. The van der Waals surface area contributed by atoms with E-state index in [0.29, 0.717) is 43.5 Å². The number of nitrogens with zero attached hydrogens (tertiary/aromatic N) is 2. The standard InChI is InChI=1S/C19H20FN3O3S/c20-15-3-5-16(6-4-15)25-11-2-1-10-21-17(24)7-8-18-22-19(23-26-18)14-9-12-27-13-14/h3-6,9,12-13H,1-2,7-8,10-11H2,(H,21,24). The second-order valence-corrected chi connectivity index (χ2v) is 6.66. The van der Waals surface area contributed by atoms with Crippen LogP contribution in [0.4, 0.5) is 4.39 Å². The van der Waals surface area contributed by atoms with Crippen LogP contribution in [0.5, 0.6) is 5.75 Å². The summed E-state index contributed by atoms with van der Waals surface area (Å²) in [6.07, 6.45) is 2.31. The summed E-state index contributed by atoms with van der Waals surface area (Å²) in [6.45, 7) is 1.10. The molecule has 6 nitrogen and oxygen atoms in total. The minimum atomic E-state index is -0.284. The maximum absolute atomic E-state index is 12.8. The number of benzene rings is 1. The fourth-order valence-corrected chi connectivity index (χ4v) is 2.98. The maximum Gasteiger partial charge on any atom is 0.227 e. The molecule has 0 spiro atoms. The predicted octanol–water partition coefficient (Wildman–Crippen LogP) is 3.85. The smallest absolute Gasteiger partial charge is 0.227 e. The van der Waals surface area contributed by atoms with E-state index in [2.05, 4.69) is 15.5 Å². The van der Waals surface area contributed by atoms with Gasteiger partial charge in [-0.05, 0) is 48.6 Å². The molecule has 0 aliphatic carbocycles. The number of amides is 1. The molecule has 0 atom stereocenters. The molecule has 27 heavy (non-hydrogen) atoms. The lowest BCUT2D eigenvalue weighted by Gasteiger charge is -2.07. The van der Waals surface area contributed by atoms with Gasteiger partial charge in [-0.15, -0.1) is 0 Å². The van der Waals surface area contributed by atoms with Crippen LogP contribution in [-0.2, 0) is 11.2 Å². The zero-order chi connectivity index (χ0) is 18.9. The third-order valence-corrected chi connectivity index (χ3v) is 4.47. The van der Waals surface area contributed by atoms with Crippen molar-refractivity contribution < 1.29 is 18.4 Å². The number of carbonyl (C=O) groups is 1. The highest BCUT2D eigenvalue weighted by atomic mass is 32.1. The van der Waals surface area contributed by atoms with Crippen molar-refractivity contribution in [3.8, 4) is 17.1 Å². The number of thiophene rings is 1. The SMILES string of the molecule is O=C(CCc1nc(-c2ccsc2)no1)NCCCCOc1ccc(F)cc1. The van der Waals surface area contributed by atoms with Crippen molar-refractivity contribution >= 4 is 17.2 Å². The number of hydrogen-bond donors (Lipinski definition) is 1. The second kappa shape index (κ2) is 9.82.